The first-order valence-electron chi connectivity index (χ1n) is 12.0. The topological polar surface area (TPSA) is 112 Å². The molecule has 0 spiro atoms. The maximum atomic E-state index is 10.0. The SMILES string of the molecule is CCCCCCCC(=O)O.CCCCCCCC(=O)O.CCCCCCCC(=O)O.[Tm]. The molecule has 7 heteroatoms. The maximum absolute atomic E-state index is 10.0. The van der Waals surface area contributed by atoms with Crippen molar-refractivity contribution in [3.05, 3.63) is 0 Å². The fraction of sp³-hybridized carbons (Fsp3) is 0.875. The Morgan fingerprint density at radius 2 is 0.613 bits per heavy atom. The van der Waals surface area contributed by atoms with Crippen molar-refractivity contribution < 1.29 is 66.6 Å². The summed E-state index contributed by atoms with van der Waals surface area (Å²) in [5, 5.41) is 24.8. The van der Waals surface area contributed by atoms with E-state index in [1.807, 2.05) is 0 Å². The zero-order valence-corrected chi connectivity index (χ0v) is 21.9. The van der Waals surface area contributed by atoms with Crippen molar-refractivity contribution in [1.29, 1.82) is 0 Å². The standard InChI is InChI=1S/3C8H16O2.Tm/c3*1-2-3-4-5-6-7-8(9)10;/h3*2-7H2,1H3,(H,9,10);. The first-order valence-corrected chi connectivity index (χ1v) is 12.0. The predicted molar refractivity (Wildman–Crippen MR) is 123 cm³/mol. The van der Waals surface area contributed by atoms with E-state index in [0.717, 1.165) is 38.5 Å². The minimum atomic E-state index is -0.670. The van der Waals surface area contributed by atoms with Crippen LogP contribution in [-0.2, 0) is 14.4 Å². The Hall–Kier alpha value is -0.356. The summed E-state index contributed by atoms with van der Waals surface area (Å²) in [6.07, 6.45) is 17.7. The van der Waals surface area contributed by atoms with Gasteiger partial charge in [0, 0.05) is 56.1 Å². The van der Waals surface area contributed by atoms with Crippen LogP contribution in [0.15, 0.2) is 0 Å². The van der Waals surface area contributed by atoms with E-state index in [9.17, 15) is 14.4 Å². The van der Waals surface area contributed by atoms with Crippen LogP contribution in [0.5, 0.6) is 0 Å². The Bertz CT molecular complexity index is 331. The van der Waals surface area contributed by atoms with E-state index >= 15 is 0 Å². The molecule has 0 saturated heterocycles. The van der Waals surface area contributed by atoms with Crippen molar-refractivity contribution in [3.8, 4) is 0 Å². The molecule has 3 N–H and O–H groups in total. The summed E-state index contributed by atoms with van der Waals surface area (Å²) in [4.78, 5) is 30.1. The van der Waals surface area contributed by atoms with Gasteiger partial charge in [-0.15, -0.1) is 0 Å². The van der Waals surface area contributed by atoms with Crippen LogP contribution in [0.4, 0.5) is 0 Å². The van der Waals surface area contributed by atoms with E-state index in [1.165, 1.54) is 57.8 Å². The molecule has 193 valence electrons. The summed E-state index contributed by atoms with van der Waals surface area (Å²) in [5.41, 5.74) is 0. The molecule has 0 aromatic carbocycles. The second-order valence-corrected chi connectivity index (χ2v) is 7.67. The van der Waals surface area contributed by atoms with Gasteiger partial charge in [-0.2, -0.15) is 0 Å². The monoisotopic (exact) mass is 601 g/mol. The van der Waals surface area contributed by atoms with Crippen molar-refractivity contribution in [3.63, 3.8) is 0 Å². The van der Waals surface area contributed by atoms with Crippen molar-refractivity contribution in [2.45, 2.75) is 136 Å². The van der Waals surface area contributed by atoms with E-state index in [-0.39, 0.29) is 36.9 Å². The molecule has 0 aliphatic rings. The normalized spacial score (nSPS) is 9.39. The number of unbranched alkanes of at least 4 members (excludes halogenated alkanes) is 12. The van der Waals surface area contributed by atoms with Crippen LogP contribution in [-0.4, -0.2) is 33.2 Å². The van der Waals surface area contributed by atoms with Gasteiger partial charge >= 0.3 is 17.9 Å². The first kappa shape index (κ1) is 37.9. The number of rotatable bonds is 18. The molecule has 0 atom stereocenters. The predicted octanol–water partition coefficient (Wildman–Crippen LogP) is 7.29. The summed E-state index contributed by atoms with van der Waals surface area (Å²) in [7, 11) is 0. The number of hydrogen-bond acceptors (Lipinski definition) is 3. The number of carbonyl (C=O) groups is 3. The minimum absolute atomic E-state index is 0. The Morgan fingerprint density at radius 3 is 0.774 bits per heavy atom. The second-order valence-electron chi connectivity index (χ2n) is 7.67. The molecule has 0 aromatic rings. The molecule has 6 nitrogen and oxygen atoms in total. The summed E-state index contributed by atoms with van der Waals surface area (Å²) in [5.74, 6) is -2.01. The summed E-state index contributed by atoms with van der Waals surface area (Å²) < 4.78 is 0. The molecule has 31 heavy (non-hydrogen) atoms. The molecule has 0 fully saturated rings. The minimum Gasteiger partial charge on any atom is -0.481 e. The van der Waals surface area contributed by atoms with E-state index in [1.54, 1.807) is 0 Å². The van der Waals surface area contributed by atoms with Crippen molar-refractivity contribution in [1.82, 2.24) is 0 Å². The molecule has 0 bridgehead atoms. The van der Waals surface area contributed by atoms with Crippen LogP contribution in [0.25, 0.3) is 0 Å². The van der Waals surface area contributed by atoms with Gasteiger partial charge in [0.25, 0.3) is 0 Å². The quantitative estimate of drug-likeness (QED) is 0.142. The molecular formula is C24H48O6Tm. The molecule has 0 heterocycles. The van der Waals surface area contributed by atoms with Crippen LogP contribution in [0, 0.1) is 36.9 Å². The fourth-order valence-corrected chi connectivity index (χ4v) is 2.64. The van der Waals surface area contributed by atoms with Gasteiger partial charge in [-0.25, -0.2) is 0 Å². The van der Waals surface area contributed by atoms with Crippen LogP contribution >= 0.6 is 0 Å². The van der Waals surface area contributed by atoms with Crippen molar-refractivity contribution in [2.75, 3.05) is 0 Å². The Kier molecular flexibility index (Phi) is 41.9. The molecule has 0 saturated carbocycles. The molecule has 0 rings (SSSR count). The number of carboxylic acids is 3. The third kappa shape index (κ3) is 53.2. The Labute approximate surface area is 219 Å². The molecule has 0 aromatic heterocycles. The molecular weight excluding hydrogens is 553 g/mol. The van der Waals surface area contributed by atoms with Gasteiger partial charge in [-0.3, -0.25) is 14.4 Å². The van der Waals surface area contributed by atoms with Crippen LogP contribution in [0.2, 0.25) is 0 Å². The zero-order chi connectivity index (χ0) is 23.5. The molecule has 1 radical (unpaired) electrons. The summed E-state index contributed by atoms with van der Waals surface area (Å²) in [6, 6.07) is 0. The van der Waals surface area contributed by atoms with Crippen LogP contribution in [0.1, 0.15) is 136 Å². The average molecular weight is 602 g/mol. The van der Waals surface area contributed by atoms with Crippen molar-refractivity contribution in [2.24, 2.45) is 0 Å². The van der Waals surface area contributed by atoms with Gasteiger partial charge in [0.15, 0.2) is 0 Å². The fourth-order valence-electron chi connectivity index (χ4n) is 2.64. The van der Waals surface area contributed by atoms with Gasteiger partial charge in [-0.05, 0) is 19.3 Å². The third-order valence-electron chi connectivity index (χ3n) is 4.48. The number of hydrogen-bond donors (Lipinski definition) is 3. The maximum Gasteiger partial charge on any atom is 0.303 e. The second kappa shape index (κ2) is 34.3. The van der Waals surface area contributed by atoms with Crippen LogP contribution in [0.3, 0.4) is 0 Å². The van der Waals surface area contributed by atoms with E-state index in [0.29, 0.717) is 19.3 Å². The Morgan fingerprint density at radius 1 is 0.419 bits per heavy atom. The number of aliphatic carboxylic acids is 3. The third-order valence-corrected chi connectivity index (χ3v) is 4.48. The number of carboxylic acid groups (broad SMARTS) is 3. The first-order chi connectivity index (χ1) is 14.3. The van der Waals surface area contributed by atoms with Gasteiger partial charge in [0.1, 0.15) is 0 Å². The van der Waals surface area contributed by atoms with E-state index in [4.69, 9.17) is 15.3 Å². The van der Waals surface area contributed by atoms with Crippen molar-refractivity contribution >= 4 is 17.9 Å². The van der Waals surface area contributed by atoms with Gasteiger partial charge in [-0.1, -0.05) is 97.8 Å². The summed E-state index contributed by atoms with van der Waals surface area (Å²) in [6.45, 7) is 6.45. The van der Waals surface area contributed by atoms with Gasteiger partial charge in [0.05, 0.1) is 0 Å². The molecule has 0 amide bonds. The average Bonchev–Trinajstić information content (AvgIpc) is 2.68. The van der Waals surface area contributed by atoms with E-state index < -0.39 is 17.9 Å². The smallest absolute Gasteiger partial charge is 0.303 e. The van der Waals surface area contributed by atoms with E-state index in [2.05, 4.69) is 20.8 Å². The van der Waals surface area contributed by atoms with Gasteiger partial charge < -0.3 is 15.3 Å². The molecule has 0 aliphatic carbocycles. The Balaban J connectivity index is -0.000000174. The summed E-state index contributed by atoms with van der Waals surface area (Å²) >= 11 is 0. The largest absolute Gasteiger partial charge is 0.481 e. The van der Waals surface area contributed by atoms with Gasteiger partial charge in [0.2, 0.25) is 0 Å². The zero-order valence-electron chi connectivity index (χ0n) is 20.1. The van der Waals surface area contributed by atoms with Crippen LogP contribution < -0.4 is 0 Å². The molecule has 0 unspecified atom stereocenters. The molecule has 0 aliphatic heterocycles.